The third-order valence-corrected chi connectivity index (χ3v) is 3.13. The molecule has 0 saturated heterocycles. The summed E-state index contributed by atoms with van der Waals surface area (Å²) >= 11 is 0. The van der Waals surface area contributed by atoms with Gasteiger partial charge < -0.3 is 4.74 Å². The first kappa shape index (κ1) is 19.5. The van der Waals surface area contributed by atoms with Gasteiger partial charge in [-0.25, -0.2) is 17.6 Å². The van der Waals surface area contributed by atoms with Gasteiger partial charge in [-0.15, -0.1) is 0 Å². The predicted molar refractivity (Wildman–Crippen MR) is 80.1 cm³/mol. The fourth-order valence-electron chi connectivity index (χ4n) is 1.97. The highest BCUT2D eigenvalue weighted by Crippen LogP contribution is 2.38. The lowest BCUT2D eigenvalue weighted by atomic mass is 10.1. The van der Waals surface area contributed by atoms with Gasteiger partial charge in [-0.05, 0) is 36.8 Å². The molecule has 0 bridgehead atoms. The van der Waals surface area contributed by atoms with Crippen LogP contribution < -0.4 is 10.2 Å². The topological polar surface area (TPSA) is 33.6 Å². The Bertz CT molecular complexity index is 788. The molecule has 0 aliphatic heterocycles. The normalized spacial score (nSPS) is 11.8. The maximum Gasteiger partial charge on any atom is 0.422 e. The second-order valence-corrected chi connectivity index (χ2v) is 4.88. The Morgan fingerprint density at radius 1 is 0.962 bits per heavy atom. The van der Waals surface area contributed by atoms with Crippen molar-refractivity contribution in [3.8, 4) is 5.75 Å². The average molecular weight is 380 g/mol. The van der Waals surface area contributed by atoms with Crippen molar-refractivity contribution in [3.63, 3.8) is 0 Å². The van der Waals surface area contributed by atoms with Gasteiger partial charge in [-0.3, -0.25) is 5.43 Å². The number of nitrogens with zero attached hydrogens (tertiary/aromatic N) is 1. The molecule has 2 aromatic carbocycles. The van der Waals surface area contributed by atoms with Crippen LogP contribution in [0, 0.1) is 23.3 Å². The number of halogens is 7. The number of rotatable bonds is 5. The van der Waals surface area contributed by atoms with Crippen LogP contribution in [0.2, 0.25) is 0 Å². The maximum absolute atomic E-state index is 13.7. The van der Waals surface area contributed by atoms with E-state index in [1.807, 2.05) is 0 Å². The van der Waals surface area contributed by atoms with Crippen molar-refractivity contribution >= 4 is 11.9 Å². The zero-order valence-corrected chi connectivity index (χ0v) is 13.1. The Hall–Kier alpha value is -2.78. The van der Waals surface area contributed by atoms with Crippen molar-refractivity contribution in [2.24, 2.45) is 5.10 Å². The second kappa shape index (κ2) is 7.63. The van der Waals surface area contributed by atoms with Gasteiger partial charge in [0.1, 0.15) is 17.0 Å². The lowest BCUT2D eigenvalue weighted by molar-refractivity contribution is -0.143. The van der Waals surface area contributed by atoms with Gasteiger partial charge in [0.15, 0.2) is 23.3 Å². The molecular weight excluding hydrogens is 369 g/mol. The van der Waals surface area contributed by atoms with Crippen LogP contribution in [0.25, 0.3) is 0 Å². The monoisotopic (exact) mass is 380 g/mol. The fourth-order valence-corrected chi connectivity index (χ4v) is 1.97. The number of hydrazone groups is 1. The Kier molecular flexibility index (Phi) is 5.73. The molecule has 3 nitrogen and oxygen atoms in total. The smallest absolute Gasteiger partial charge is 0.422 e. The zero-order chi connectivity index (χ0) is 19.5. The molecule has 140 valence electrons. The molecule has 0 saturated carbocycles. The second-order valence-electron chi connectivity index (χ2n) is 4.88. The molecule has 26 heavy (non-hydrogen) atoms. The van der Waals surface area contributed by atoms with Gasteiger partial charge in [0.05, 0.1) is 12.8 Å². The van der Waals surface area contributed by atoms with Crippen molar-refractivity contribution in [1.29, 1.82) is 0 Å². The van der Waals surface area contributed by atoms with Crippen LogP contribution in [0.1, 0.15) is 18.1 Å². The summed E-state index contributed by atoms with van der Waals surface area (Å²) in [6, 6.07) is 6.20. The van der Waals surface area contributed by atoms with Crippen LogP contribution in [-0.2, 0) is 6.18 Å². The minimum absolute atomic E-state index is 0.426. The quantitative estimate of drug-likeness (QED) is 0.339. The van der Waals surface area contributed by atoms with E-state index in [1.165, 1.54) is 12.1 Å². The molecule has 0 radical (unpaired) electrons. The minimum atomic E-state index is -5.60. The average Bonchev–Trinajstić information content (AvgIpc) is 2.57. The lowest BCUT2D eigenvalue weighted by Crippen LogP contribution is -2.16. The number of ether oxygens (including phenoxy) is 1. The number of nitrogens with one attached hydrogen (secondary N) is 1. The summed E-state index contributed by atoms with van der Waals surface area (Å²) in [4.78, 5) is 0. The first-order valence-electron chi connectivity index (χ1n) is 7.11. The van der Waals surface area contributed by atoms with Gasteiger partial charge in [-0.2, -0.15) is 18.3 Å². The molecule has 1 N–H and O–H groups in total. The standard InChI is InChI=1S/C16H11F7N2O/c1-2-26-9-5-3-8(4-6-9)7-24-25-15-13(19)11(17)10(16(21,22)23)12(18)14(15)20/h3-7,25H,2H2,1H3. The van der Waals surface area contributed by atoms with Crippen LogP contribution in [0.5, 0.6) is 5.75 Å². The van der Waals surface area contributed by atoms with E-state index in [2.05, 4.69) is 5.10 Å². The molecule has 0 aromatic heterocycles. The number of benzene rings is 2. The summed E-state index contributed by atoms with van der Waals surface area (Å²) in [5.41, 5.74) is -2.03. The maximum atomic E-state index is 13.7. The molecule has 0 unspecified atom stereocenters. The Morgan fingerprint density at radius 3 is 1.96 bits per heavy atom. The third-order valence-electron chi connectivity index (χ3n) is 3.13. The highest BCUT2D eigenvalue weighted by Gasteiger charge is 2.42. The molecule has 0 spiro atoms. The van der Waals surface area contributed by atoms with Crippen molar-refractivity contribution in [1.82, 2.24) is 0 Å². The molecule has 10 heteroatoms. The molecular formula is C16H11F7N2O. The van der Waals surface area contributed by atoms with E-state index in [4.69, 9.17) is 4.74 Å². The Morgan fingerprint density at radius 2 is 1.50 bits per heavy atom. The predicted octanol–water partition coefficient (Wildman–Crippen LogP) is 5.11. The molecule has 0 atom stereocenters. The van der Waals surface area contributed by atoms with Gasteiger partial charge >= 0.3 is 6.18 Å². The number of anilines is 1. The van der Waals surface area contributed by atoms with Gasteiger partial charge in [0, 0.05) is 0 Å². The molecule has 0 heterocycles. The zero-order valence-electron chi connectivity index (χ0n) is 13.1. The van der Waals surface area contributed by atoms with Crippen LogP contribution >= 0.6 is 0 Å². The molecule has 0 aliphatic rings. The molecule has 2 aromatic rings. The molecule has 0 fully saturated rings. The van der Waals surface area contributed by atoms with E-state index in [-0.39, 0.29) is 0 Å². The van der Waals surface area contributed by atoms with E-state index >= 15 is 0 Å². The van der Waals surface area contributed by atoms with E-state index in [0.717, 1.165) is 6.21 Å². The summed E-state index contributed by atoms with van der Waals surface area (Å²) in [5.74, 6) is -9.04. The van der Waals surface area contributed by atoms with E-state index in [1.54, 1.807) is 24.5 Å². The molecule has 0 amide bonds. The van der Waals surface area contributed by atoms with Crippen molar-refractivity contribution in [2.75, 3.05) is 12.0 Å². The third kappa shape index (κ3) is 4.06. The summed E-state index contributed by atoms with van der Waals surface area (Å²) in [7, 11) is 0. The molecule has 2 rings (SSSR count). The first-order valence-corrected chi connectivity index (χ1v) is 7.11. The number of hydrogen-bond donors (Lipinski definition) is 1. The van der Waals surface area contributed by atoms with E-state index in [9.17, 15) is 30.7 Å². The molecule has 0 aliphatic carbocycles. The first-order chi connectivity index (χ1) is 12.2. The van der Waals surface area contributed by atoms with E-state index < -0.39 is 40.7 Å². The van der Waals surface area contributed by atoms with E-state index in [0.29, 0.717) is 17.9 Å². The van der Waals surface area contributed by atoms with Crippen molar-refractivity contribution in [2.45, 2.75) is 13.1 Å². The summed E-state index contributed by atoms with van der Waals surface area (Å²) in [6.45, 7) is 2.23. The minimum Gasteiger partial charge on any atom is -0.494 e. The van der Waals surface area contributed by atoms with Crippen LogP contribution in [0.4, 0.5) is 36.4 Å². The van der Waals surface area contributed by atoms with Crippen molar-refractivity contribution in [3.05, 3.63) is 58.7 Å². The Balaban J connectivity index is 2.27. The van der Waals surface area contributed by atoms with Crippen LogP contribution in [0.3, 0.4) is 0 Å². The van der Waals surface area contributed by atoms with Gasteiger partial charge in [0.2, 0.25) is 0 Å². The highest BCUT2D eigenvalue weighted by atomic mass is 19.4. The lowest BCUT2D eigenvalue weighted by Gasteiger charge is -2.13. The fraction of sp³-hybridized carbons (Fsp3) is 0.188. The van der Waals surface area contributed by atoms with Gasteiger partial charge in [-0.1, -0.05) is 0 Å². The summed E-state index contributed by atoms with van der Waals surface area (Å²) in [6.07, 6.45) is -4.55. The van der Waals surface area contributed by atoms with Gasteiger partial charge in [0.25, 0.3) is 0 Å². The van der Waals surface area contributed by atoms with Crippen LogP contribution in [0.15, 0.2) is 29.4 Å². The van der Waals surface area contributed by atoms with Crippen LogP contribution in [-0.4, -0.2) is 12.8 Å². The highest BCUT2D eigenvalue weighted by molar-refractivity contribution is 5.80. The summed E-state index contributed by atoms with van der Waals surface area (Å²) in [5, 5.41) is 3.37. The largest absolute Gasteiger partial charge is 0.494 e. The van der Waals surface area contributed by atoms with Crippen molar-refractivity contribution < 1.29 is 35.5 Å². The SMILES string of the molecule is CCOc1ccc(C=NNc2c(F)c(F)c(C(F)(F)F)c(F)c2F)cc1. The number of hydrogen-bond acceptors (Lipinski definition) is 3. The Labute approximate surface area is 143 Å². The number of alkyl halides is 3. The summed E-state index contributed by atoms with van der Waals surface area (Å²) < 4.78 is 96.9.